The highest BCUT2D eigenvalue weighted by atomic mass is 16.5. The van der Waals surface area contributed by atoms with Gasteiger partial charge in [-0.05, 0) is 68.9 Å². The standard InChI is InChI=1S/C25H31N3O2/c1-3-19-10-14-21(15-11-19)30-17-7-6-16-28-23-9-5-4-8-22(23)27-24(28)18(2)26-25(29)20-12-13-20/h4-5,8-11,14-15,18,20H,3,6-7,12-13,16-17H2,1-2H3,(H,26,29). The summed E-state index contributed by atoms with van der Waals surface area (Å²) in [4.78, 5) is 17.1. The van der Waals surface area contributed by atoms with E-state index in [-0.39, 0.29) is 17.9 Å². The normalized spacial score (nSPS) is 14.6. The van der Waals surface area contributed by atoms with Crippen LogP contribution in [0.3, 0.4) is 0 Å². The quantitative estimate of drug-likeness (QED) is 0.481. The summed E-state index contributed by atoms with van der Waals surface area (Å²) < 4.78 is 8.15. The Labute approximate surface area is 178 Å². The lowest BCUT2D eigenvalue weighted by Crippen LogP contribution is -2.29. The molecule has 1 N–H and O–H groups in total. The monoisotopic (exact) mass is 405 g/mol. The molecule has 3 aromatic rings. The Balaban J connectivity index is 1.36. The van der Waals surface area contributed by atoms with Crippen LogP contribution in [0.15, 0.2) is 48.5 Å². The zero-order chi connectivity index (χ0) is 20.9. The minimum absolute atomic E-state index is 0.0983. The highest BCUT2D eigenvalue weighted by molar-refractivity contribution is 5.81. The number of ether oxygens (including phenoxy) is 1. The van der Waals surface area contributed by atoms with E-state index in [0.29, 0.717) is 6.61 Å². The lowest BCUT2D eigenvalue weighted by molar-refractivity contribution is -0.123. The third-order valence-corrected chi connectivity index (χ3v) is 5.75. The van der Waals surface area contributed by atoms with Gasteiger partial charge >= 0.3 is 0 Å². The number of para-hydroxylation sites is 2. The SMILES string of the molecule is CCc1ccc(OCCCCn2c(C(C)NC(=O)C3CC3)nc3ccccc32)cc1. The van der Waals surface area contributed by atoms with Gasteiger partial charge in [-0.1, -0.05) is 31.2 Å². The fourth-order valence-electron chi connectivity index (χ4n) is 3.78. The number of unbranched alkanes of at least 4 members (excludes halogenated alkanes) is 1. The highest BCUT2D eigenvalue weighted by Gasteiger charge is 2.31. The first-order valence-electron chi connectivity index (χ1n) is 11.1. The number of hydrogen-bond donors (Lipinski definition) is 1. The lowest BCUT2D eigenvalue weighted by Gasteiger charge is -2.16. The predicted molar refractivity (Wildman–Crippen MR) is 120 cm³/mol. The van der Waals surface area contributed by atoms with Crippen LogP contribution in [0.2, 0.25) is 0 Å². The Hall–Kier alpha value is -2.82. The van der Waals surface area contributed by atoms with E-state index in [1.807, 2.05) is 37.3 Å². The molecule has 30 heavy (non-hydrogen) atoms. The van der Waals surface area contributed by atoms with Crippen LogP contribution in [-0.4, -0.2) is 22.1 Å². The maximum Gasteiger partial charge on any atom is 0.223 e. The first kappa shape index (κ1) is 20.5. The third-order valence-electron chi connectivity index (χ3n) is 5.75. The van der Waals surface area contributed by atoms with Crippen LogP contribution in [0.5, 0.6) is 5.75 Å². The number of nitrogens with one attached hydrogen (secondary N) is 1. The first-order chi connectivity index (χ1) is 14.7. The number of carbonyl (C=O) groups is 1. The molecular weight excluding hydrogens is 374 g/mol. The number of aryl methyl sites for hydroxylation is 2. The number of imidazole rings is 1. The number of carbonyl (C=O) groups excluding carboxylic acids is 1. The summed E-state index contributed by atoms with van der Waals surface area (Å²) in [7, 11) is 0. The Bertz CT molecular complexity index is 989. The minimum atomic E-state index is -0.0983. The maximum absolute atomic E-state index is 12.2. The molecule has 1 aromatic heterocycles. The van der Waals surface area contributed by atoms with Crippen molar-refractivity contribution in [1.29, 1.82) is 0 Å². The van der Waals surface area contributed by atoms with Gasteiger partial charge in [-0.25, -0.2) is 4.98 Å². The van der Waals surface area contributed by atoms with Crippen molar-refractivity contribution in [2.75, 3.05) is 6.61 Å². The smallest absolute Gasteiger partial charge is 0.223 e. The Morgan fingerprint density at radius 1 is 1.17 bits per heavy atom. The van der Waals surface area contributed by atoms with Crippen LogP contribution in [0, 0.1) is 5.92 Å². The van der Waals surface area contributed by atoms with Crippen LogP contribution in [0.1, 0.15) is 57.0 Å². The van der Waals surface area contributed by atoms with Crippen molar-refractivity contribution >= 4 is 16.9 Å². The molecule has 2 aromatic carbocycles. The van der Waals surface area contributed by atoms with Crippen molar-refractivity contribution in [2.45, 2.75) is 58.5 Å². The fraction of sp³-hybridized carbons (Fsp3) is 0.440. The van der Waals surface area contributed by atoms with Crippen LogP contribution in [0.4, 0.5) is 0 Å². The summed E-state index contributed by atoms with van der Waals surface area (Å²) in [5, 5.41) is 3.14. The van der Waals surface area contributed by atoms with Crippen molar-refractivity contribution in [2.24, 2.45) is 5.92 Å². The van der Waals surface area contributed by atoms with E-state index in [4.69, 9.17) is 9.72 Å². The van der Waals surface area contributed by atoms with E-state index in [9.17, 15) is 4.79 Å². The molecule has 1 unspecified atom stereocenters. The summed E-state index contributed by atoms with van der Waals surface area (Å²) in [6.45, 7) is 5.74. The molecule has 1 heterocycles. The Morgan fingerprint density at radius 2 is 1.93 bits per heavy atom. The predicted octanol–water partition coefficient (Wildman–Crippen LogP) is 5.05. The summed E-state index contributed by atoms with van der Waals surface area (Å²) >= 11 is 0. The number of aromatic nitrogens is 2. The highest BCUT2D eigenvalue weighted by Crippen LogP contribution is 2.30. The molecule has 0 aliphatic heterocycles. The fourth-order valence-corrected chi connectivity index (χ4v) is 3.78. The van der Waals surface area contributed by atoms with Gasteiger partial charge in [-0.2, -0.15) is 0 Å². The van der Waals surface area contributed by atoms with E-state index >= 15 is 0 Å². The van der Waals surface area contributed by atoms with Gasteiger partial charge < -0.3 is 14.6 Å². The van der Waals surface area contributed by atoms with Gasteiger partial charge in [0.25, 0.3) is 0 Å². The molecule has 1 aliphatic carbocycles. The van der Waals surface area contributed by atoms with Gasteiger partial charge in [0, 0.05) is 12.5 Å². The molecule has 1 saturated carbocycles. The van der Waals surface area contributed by atoms with E-state index in [0.717, 1.165) is 61.3 Å². The maximum atomic E-state index is 12.2. The van der Waals surface area contributed by atoms with Gasteiger partial charge in [0.15, 0.2) is 0 Å². The van der Waals surface area contributed by atoms with E-state index in [1.165, 1.54) is 5.56 Å². The van der Waals surface area contributed by atoms with Gasteiger partial charge in [0.1, 0.15) is 11.6 Å². The molecule has 4 rings (SSSR count). The second kappa shape index (κ2) is 9.33. The van der Waals surface area contributed by atoms with Gasteiger partial charge in [-0.15, -0.1) is 0 Å². The van der Waals surface area contributed by atoms with Crippen LogP contribution < -0.4 is 10.1 Å². The van der Waals surface area contributed by atoms with Crippen LogP contribution in [0.25, 0.3) is 11.0 Å². The minimum Gasteiger partial charge on any atom is -0.494 e. The zero-order valence-electron chi connectivity index (χ0n) is 17.9. The Kier molecular flexibility index (Phi) is 6.36. The number of rotatable bonds is 10. The largest absolute Gasteiger partial charge is 0.494 e. The van der Waals surface area contributed by atoms with Gasteiger partial charge in [0.05, 0.1) is 23.7 Å². The van der Waals surface area contributed by atoms with Gasteiger partial charge in [0.2, 0.25) is 5.91 Å². The summed E-state index contributed by atoms with van der Waals surface area (Å²) in [5.74, 6) is 2.22. The second-order valence-electron chi connectivity index (χ2n) is 8.17. The van der Waals surface area contributed by atoms with E-state index < -0.39 is 0 Å². The molecule has 5 nitrogen and oxygen atoms in total. The molecule has 0 radical (unpaired) electrons. The molecule has 0 bridgehead atoms. The molecular formula is C25H31N3O2. The van der Waals surface area contributed by atoms with Crippen LogP contribution >= 0.6 is 0 Å². The molecule has 0 spiro atoms. The topological polar surface area (TPSA) is 56.1 Å². The summed E-state index contributed by atoms with van der Waals surface area (Å²) in [6, 6.07) is 16.4. The molecule has 158 valence electrons. The van der Waals surface area contributed by atoms with E-state index in [2.05, 4.69) is 35.0 Å². The average molecular weight is 406 g/mol. The number of fused-ring (bicyclic) bond motifs is 1. The average Bonchev–Trinajstić information content (AvgIpc) is 3.56. The molecule has 1 atom stereocenters. The second-order valence-corrected chi connectivity index (χ2v) is 8.17. The van der Waals surface area contributed by atoms with Crippen LogP contribution in [-0.2, 0) is 17.8 Å². The molecule has 1 fully saturated rings. The number of nitrogens with zero attached hydrogens (tertiary/aromatic N) is 2. The number of benzene rings is 2. The molecule has 5 heteroatoms. The summed E-state index contributed by atoms with van der Waals surface area (Å²) in [5.41, 5.74) is 3.42. The zero-order valence-corrected chi connectivity index (χ0v) is 17.9. The first-order valence-corrected chi connectivity index (χ1v) is 11.1. The molecule has 1 amide bonds. The third kappa shape index (κ3) is 4.84. The van der Waals surface area contributed by atoms with Crippen molar-refractivity contribution in [3.05, 3.63) is 59.9 Å². The molecule has 0 saturated heterocycles. The summed E-state index contributed by atoms with van der Waals surface area (Å²) in [6.07, 6.45) is 5.02. The van der Waals surface area contributed by atoms with Gasteiger partial charge in [-0.3, -0.25) is 4.79 Å². The van der Waals surface area contributed by atoms with Crippen molar-refractivity contribution < 1.29 is 9.53 Å². The van der Waals surface area contributed by atoms with E-state index in [1.54, 1.807) is 0 Å². The lowest BCUT2D eigenvalue weighted by atomic mass is 10.2. The van der Waals surface area contributed by atoms with Crippen molar-refractivity contribution in [3.63, 3.8) is 0 Å². The number of hydrogen-bond acceptors (Lipinski definition) is 3. The number of amides is 1. The van der Waals surface area contributed by atoms with Crippen molar-refractivity contribution in [1.82, 2.24) is 14.9 Å². The van der Waals surface area contributed by atoms with Crippen molar-refractivity contribution in [3.8, 4) is 5.75 Å². The Morgan fingerprint density at radius 3 is 2.67 bits per heavy atom. The molecule has 1 aliphatic rings.